The molecule has 14 heavy (non-hydrogen) atoms. The van der Waals surface area contributed by atoms with Crippen molar-refractivity contribution in [3.63, 3.8) is 0 Å². The summed E-state index contributed by atoms with van der Waals surface area (Å²) in [4.78, 5) is 10.6. The first-order chi connectivity index (χ1) is 6.74. The molecule has 2 rings (SSSR count). The molecule has 2 aromatic rings. The van der Waals surface area contributed by atoms with Gasteiger partial charge in [0.15, 0.2) is 6.29 Å². The van der Waals surface area contributed by atoms with Gasteiger partial charge in [0.2, 0.25) is 0 Å². The van der Waals surface area contributed by atoms with Crippen LogP contribution in [0.1, 0.15) is 10.4 Å². The molecule has 70 valence electrons. The van der Waals surface area contributed by atoms with Gasteiger partial charge in [0, 0.05) is 5.39 Å². The van der Waals surface area contributed by atoms with E-state index in [-0.39, 0.29) is 5.56 Å². The molecule has 0 saturated heterocycles. The van der Waals surface area contributed by atoms with Gasteiger partial charge in [-0.1, -0.05) is 24.4 Å². The van der Waals surface area contributed by atoms with Gasteiger partial charge in [0.05, 0.1) is 4.51 Å². The Morgan fingerprint density at radius 2 is 2.07 bits per heavy atom. The van der Waals surface area contributed by atoms with Crippen molar-refractivity contribution in [2.45, 2.75) is 0 Å². The van der Waals surface area contributed by atoms with Gasteiger partial charge in [-0.25, -0.2) is 0 Å². The van der Waals surface area contributed by atoms with Crippen LogP contribution >= 0.6 is 12.2 Å². The van der Waals surface area contributed by atoms with Gasteiger partial charge in [0.25, 0.3) is 5.95 Å². The molecule has 1 aromatic carbocycles. The summed E-state index contributed by atoms with van der Waals surface area (Å²) in [5, 5.41) is 9.98. The van der Waals surface area contributed by atoms with Crippen molar-refractivity contribution in [1.29, 1.82) is 0 Å². The standard InChI is InChI=1S/C10H6O3S/c11-5-7-9(14)6-3-1-2-4-8(6)13-10(7)12/h1-5,12H. The molecule has 0 fully saturated rings. The van der Waals surface area contributed by atoms with E-state index in [1.807, 2.05) is 0 Å². The average molecular weight is 206 g/mol. The second-order valence-electron chi connectivity index (χ2n) is 2.76. The Morgan fingerprint density at radius 3 is 2.79 bits per heavy atom. The maximum absolute atomic E-state index is 10.6. The normalized spacial score (nSPS) is 10.3. The van der Waals surface area contributed by atoms with Crippen LogP contribution in [0.2, 0.25) is 0 Å². The minimum Gasteiger partial charge on any atom is -0.480 e. The van der Waals surface area contributed by atoms with Gasteiger partial charge in [-0.2, -0.15) is 0 Å². The third kappa shape index (κ3) is 1.20. The third-order valence-corrected chi connectivity index (χ3v) is 2.37. The number of aromatic hydroxyl groups is 1. The average Bonchev–Trinajstić information content (AvgIpc) is 2.18. The lowest BCUT2D eigenvalue weighted by atomic mass is 10.2. The molecule has 0 bridgehead atoms. The number of hydrogen-bond acceptors (Lipinski definition) is 4. The van der Waals surface area contributed by atoms with Crippen LogP contribution in [0.4, 0.5) is 0 Å². The molecule has 1 heterocycles. The predicted molar refractivity (Wildman–Crippen MR) is 54.1 cm³/mol. The summed E-state index contributed by atoms with van der Waals surface area (Å²) < 4.78 is 5.34. The largest absolute Gasteiger partial charge is 0.480 e. The predicted octanol–water partition coefficient (Wildman–Crippen LogP) is 2.68. The molecule has 0 aliphatic heterocycles. The topological polar surface area (TPSA) is 50.4 Å². The molecule has 4 heteroatoms. The molecule has 0 radical (unpaired) electrons. The zero-order valence-corrected chi connectivity index (χ0v) is 7.88. The minimum atomic E-state index is -0.427. The van der Waals surface area contributed by atoms with Crippen molar-refractivity contribution in [3.05, 3.63) is 34.3 Å². The molecule has 0 spiro atoms. The van der Waals surface area contributed by atoms with Gasteiger partial charge in [-0.3, -0.25) is 4.79 Å². The van der Waals surface area contributed by atoms with Crippen LogP contribution in [0.5, 0.6) is 5.95 Å². The quantitative estimate of drug-likeness (QED) is 0.575. The first kappa shape index (κ1) is 8.90. The van der Waals surface area contributed by atoms with E-state index in [0.717, 1.165) is 0 Å². The summed E-state index contributed by atoms with van der Waals surface area (Å²) in [6, 6.07) is 6.98. The molecule has 3 nitrogen and oxygen atoms in total. The lowest BCUT2D eigenvalue weighted by Gasteiger charge is -2.00. The number of benzene rings is 1. The Hall–Kier alpha value is -1.68. The number of aldehydes is 1. The van der Waals surface area contributed by atoms with E-state index in [0.29, 0.717) is 21.8 Å². The van der Waals surface area contributed by atoms with Gasteiger partial charge in [-0.05, 0) is 12.1 Å². The highest BCUT2D eigenvalue weighted by Crippen LogP contribution is 2.25. The number of carbonyl (C=O) groups excluding carboxylic acids is 1. The Bertz CT molecular complexity index is 557. The fraction of sp³-hybridized carbons (Fsp3) is 0. The number of rotatable bonds is 1. The van der Waals surface area contributed by atoms with E-state index in [4.69, 9.17) is 16.6 Å². The highest BCUT2D eigenvalue weighted by Gasteiger charge is 2.08. The smallest absolute Gasteiger partial charge is 0.294 e. The van der Waals surface area contributed by atoms with Crippen LogP contribution in [0.25, 0.3) is 11.0 Å². The fourth-order valence-electron chi connectivity index (χ4n) is 1.25. The molecule has 0 aliphatic carbocycles. The van der Waals surface area contributed by atoms with Crippen LogP contribution in [-0.2, 0) is 0 Å². The van der Waals surface area contributed by atoms with Crippen LogP contribution in [0, 0.1) is 4.51 Å². The van der Waals surface area contributed by atoms with Crippen molar-refractivity contribution in [2.24, 2.45) is 0 Å². The molecule has 0 aliphatic rings. The van der Waals surface area contributed by atoms with Crippen molar-refractivity contribution in [1.82, 2.24) is 0 Å². The summed E-state index contributed by atoms with van der Waals surface area (Å²) in [7, 11) is 0. The van der Waals surface area contributed by atoms with E-state index in [2.05, 4.69) is 0 Å². The Kier molecular flexibility index (Phi) is 2.05. The highest BCUT2D eigenvalue weighted by atomic mass is 32.1. The molecule has 0 saturated carbocycles. The first-order valence-corrected chi connectivity index (χ1v) is 4.35. The summed E-state index contributed by atoms with van der Waals surface area (Å²) in [6.45, 7) is 0. The summed E-state index contributed by atoms with van der Waals surface area (Å²) in [5.41, 5.74) is 0.499. The van der Waals surface area contributed by atoms with Gasteiger partial charge < -0.3 is 9.52 Å². The highest BCUT2D eigenvalue weighted by molar-refractivity contribution is 7.71. The van der Waals surface area contributed by atoms with Gasteiger partial charge in [-0.15, -0.1) is 0 Å². The third-order valence-electron chi connectivity index (χ3n) is 1.93. The van der Waals surface area contributed by atoms with E-state index in [1.54, 1.807) is 24.3 Å². The SMILES string of the molecule is O=Cc1c(O)oc2ccccc2c1=S. The number of carbonyl (C=O) groups is 1. The van der Waals surface area contributed by atoms with Crippen molar-refractivity contribution >= 4 is 29.5 Å². The molecule has 1 aromatic heterocycles. The summed E-state index contributed by atoms with van der Waals surface area (Å²) in [6.07, 6.45) is 0.494. The molecule has 0 amide bonds. The van der Waals surface area contributed by atoms with Crippen LogP contribution in [0.15, 0.2) is 28.7 Å². The number of hydrogen-bond donors (Lipinski definition) is 1. The Labute approximate surface area is 84.6 Å². The molecule has 0 unspecified atom stereocenters. The maximum atomic E-state index is 10.6. The van der Waals surface area contributed by atoms with E-state index in [9.17, 15) is 9.90 Å². The molecule has 0 atom stereocenters. The lowest BCUT2D eigenvalue weighted by molar-refractivity contribution is 0.111. The van der Waals surface area contributed by atoms with Crippen molar-refractivity contribution in [3.8, 4) is 5.95 Å². The lowest BCUT2D eigenvalue weighted by Crippen LogP contribution is -1.85. The van der Waals surface area contributed by atoms with Gasteiger partial charge >= 0.3 is 0 Å². The van der Waals surface area contributed by atoms with Crippen LogP contribution in [0.3, 0.4) is 0 Å². The maximum Gasteiger partial charge on any atom is 0.294 e. The second kappa shape index (κ2) is 3.23. The fourth-order valence-corrected chi connectivity index (χ4v) is 1.55. The second-order valence-corrected chi connectivity index (χ2v) is 3.17. The van der Waals surface area contributed by atoms with Crippen LogP contribution in [-0.4, -0.2) is 11.4 Å². The molecular formula is C10H6O3S. The Morgan fingerprint density at radius 1 is 1.36 bits per heavy atom. The number of fused-ring (bicyclic) bond motifs is 1. The van der Waals surface area contributed by atoms with Crippen molar-refractivity contribution < 1.29 is 14.3 Å². The molecule has 1 N–H and O–H groups in total. The summed E-state index contributed by atoms with van der Waals surface area (Å²) >= 11 is 5.03. The molecular weight excluding hydrogens is 200 g/mol. The Balaban J connectivity index is 3.00. The minimum absolute atomic E-state index is 0.0266. The first-order valence-electron chi connectivity index (χ1n) is 3.94. The van der Waals surface area contributed by atoms with E-state index < -0.39 is 5.95 Å². The number of para-hydroxylation sites is 1. The van der Waals surface area contributed by atoms with E-state index in [1.165, 1.54) is 0 Å². The van der Waals surface area contributed by atoms with E-state index >= 15 is 0 Å². The van der Waals surface area contributed by atoms with Crippen molar-refractivity contribution in [2.75, 3.05) is 0 Å². The zero-order chi connectivity index (χ0) is 10.1. The van der Waals surface area contributed by atoms with Crippen LogP contribution < -0.4 is 0 Å². The van der Waals surface area contributed by atoms with Gasteiger partial charge in [0.1, 0.15) is 11.1 Å². The summed E-state index contributed by atoms with van der Waals surface area (Å²) in [5.74, 6) is -0.427. The zero-order valence-electron chi connectivity index (χ0n) is 7.06. The monoisotopic (exact) mass is 206 g/mol.